The second-order valence-electron chi connectivity index (χ2n) is 6.98. The number of likely N-dealkylation sites (N-methyl/N-ethyl adjacent to an activating group) is 1. The Kier molecular flexibility index (Phi) is 4.28. The minimum absolute atomic E-state index is 0.0139. The fourth-order valence-electron chi connectivity index (χ4n) is 3.84. The molecule has 0 saturated carbocycles. The summed E-state index contributed by atoms with van der Waals surface area (Å²) >= 11 is 1.90. The van der Waals surface area contributed by atoms with E-state index in [2.05, 4.69) is 45.9 Å². The monoisotopic (exact) mass is 344 g/mol. The van der Waals surface area contributed by atoms with E-state index in [9.17, 15) is 0 Å². The predicted molar refractivity (Wildman–Crippen MR) is 96.5 cm³/mol. The molecule has 4 rings (SSSR count). The Balaban J connectivity index is 1.37. The average Bonchev–Trinajstić information content (AvgIpc) is 3.30. The van der Waals surface area contributed by atoms with Crippen molar-refractivity contribution in [2.24, 2.45) is 0 Å². The molecule has 0 bridgehead atoms. The molecule has 128 valence electrons. The molecule has 0 amide bonds. The minimum atomic E-state index is 0.0139. The average molecular weight is 344 g/mol. The number of rotatable bonds is 4. The lowest BCUT2D eigenvalue weighted by molar-refractivity contribution is 0.0119. The second kappa shape index (κ2) is 6.43. The van der Waals surface area contributed by atoms with Gasteiger partial charge in [-0.1, -0.05) is 0 Å². The number of hydrogen-bond donors (Lipinski definition) is 0. The van der Waals surface area contributed by atoms with Gasteiger partial charge in [0, 0.05) is 55.3 Å². The molecule has 2 aliphatic heterocycles. The zero-order valence-corrected chi connectivity index (χ0v) is 15.1. The molecule has 1 spiro atoms. The lowest BCUT2D eigenvalue weighted by Crippen LogP contribution is -2.36. The number of hydrogen-bond acceptors (Lipinski definition) is 6. The molecule has 0 radical (unpaired) electrons. The highest BCUT2D eigenvalue weighted by atomic mass is 32.1. The first-order chi connectivity index (χ1) is 11.6. The van der Waals surface area contributed by atoms with E-state index in [0.717, 1.165) is 45.0 Å². The predicted octanol–water partition coefficient (Wildman–Crippen LogP) is 2.72. The van der Waals surface area contributed by atoms with Gasteiger partial charge in [0.1, 0.15) is 0 Å². The number of likely N-dealkylation sites (tertiary alicyclic amines) is 1. The summed E-state index contributed by atoms with van der Waals surface area (Å²) in [5.74, 6) is 0.784. The van der Waals surface area contributed by atoms with Crippen LogP contribution in [0.4, 0.5) is 5.95 Å². The van der Waals surface area contributed by atoms with Crippen LogP contribution in [0.2, 0.25) is 0 Å². The molecular weight excluding hydrogens is 320 g/mol. The smallest absolute Gasteiger partial charge is 0.225 e. The summed E-state index contributed by atoms with van der Waals surface area (Å²) in [5, 5.41) is 0. The molecule has 4 heterocycles. The Hall–Kier alpha value is -1.50. The van der Waals surface area contributed by atoms with Crippen molar-refractivity contribution in [1.82, 2.24) is 14.9 Å². The number of thiophene rings is 1. The Morgan fingerprint density at radius 2 is 2.21 bits per heavy atom. The van der Waals surface area contributed by atoms with Crippen LogP contribution < -0.4 is 4.90 Å². The van der Waals surface area contributed by atoms with E-state index in [4.69, 9.17) is 4.74 Å². The van der Waals surface area contributed by atoms with E-state index < -0.39 is 0 Å². The van der Waals surface area contributed by atoms with Crippen molar-refractivity contribution in [2.75, 3.05) is 31.6 Å². The van der Waals surface area contributed by atoms with Gasteiger partial charge in [-0.3, -0.25) is 4.90 Å². The first kappa shape index (κ1) is 16.0. The number of nitrogens with zero attached hydrogens (tertiary/aromatic N) is 4. The summed E-state index contributed by atoms with van der Waals surface area (Å²) in [6, 6.07) is 6.67. The SMILES string of the molecule is Cc1ccc(CN2CC[C@]3(C[C@H](N(C)c4ncccn4)CO3)C2)s1. The standard InChI is InChI=1S/C18H24N4OS/c1-14-4-5-16(24-14)11-22-9-6-18(13-22)10-15(12-23-18)21(2)17-19-7-3-8-20-17/h3-5,7-8,15H,6,9-13H2,1-2H3/t15-,18-/m0/s1. The maximum absolute atomic E-state index is 6.29. The molecule has 2 aliphatic rings. The summed E-state index contributed by atoms with van der Waals surface area (Å²) in [7, 11) is 2.07. The summed E-state index contributed by atoms with van der Waals surface area (Å²) in [4.78, 5) is 16.3. The van der Waals surface area contributed by atoms with Crippen molar-refractivity contribution in [2.45, 2.75) is 38.0 Å². The third kappa shape index (κ3) is 3.18. The van der Waals surface area contributed by atoms with Crippen molar-refractivity contribution in [3.8, 4) is 0 Å². The van der Waals surface area contributed by atoms with Crippen LogP contribution in [0, 0.1) is 6.92 Å². The van der Waals surface area contributed by atoms with Gasteiger partial charge in [-0.25, -0.2) is 9.97 Å². The van der Waals surface area contributed by atoms with Gasteiger partial charge in [0.05, 0.1) is 18.2 Å². The van der Waals surface area contributed by atoms with E-state index in [0.29, 0.717) is 6.04 Å². The lowest BCUT2D eigenvalue weighted by atomic mass is 9.97. The van der Waals surface area contributed by atoms with Crippen LogP contribution in [0.3, 0.4) is 0 Å². The zero-order chi connectivity index (χ0) is 16.6. The molecule has 2 saturated heterocycles. The second-order valence-corrected chi connectivity index (χ2v) is 8.36. The van der Waals surface area contributed by atoms with Gasteiger partial charge in [-0.2, -0.15) is 0 Å². The molecule has 0 aromatic carbocycles. The van der Waals surface area contributed by atoms with Gasteiger partial charge < -0.3 is 9.64 Å². The third-order valence-corrected chi connectivity index (χ3v) is 6.16. The van der Waals surface area contributed by atoms with Gasteiger partial charge in [0.25, 0.3) is 0 Å². The van der Waals surface area contributed by atoms with Crippen LogP contribution in [0.5, 0.6) is 0 Å². The highest BCUT2D eigenvalue weighted by molar-refractivity contribution is 7.11. The maximum Gasteiger partial charge on any atom is 0.225 e. The van der Waals surface area contributed by atoms with Gasteiger partial charge >= 0.3 is 0 Å². The van der Waals surface area contributed by atoms with Gasteiger partial charge in [-0.05, 0) is 31.5 Å². The van der Waals surface area contributed by atoms with E-state index in [-0.39, 0.29) is 5.60 Å². The van der Waals surface area contributed by atoms with Crippen LogP contribution in [0.1, 0.15) is 22.6 Å². The van der Waals surface area contributed by atoms with E-state index in [1.807, 2.05) is 17.4 Å². The summed E-state index contributed by atoms with van der Waals surface area (Å²) in [5.41, 5.74) is 0.0139. The molecule has 0 N–H and O–H groups in total. The Morgan fingerprint density at radius 1 is 1.38 bits per heavy atom. The number of aryl methyl sites for hydroxylation is 1. The van der Waals surface area contributed by atoms with Gasteiger partial charge in [0.15, 0.2) is 0 Å². The van der Waals surface area contributed by atoms with Crippen LogP contribution >= 0.6 is 11.3 Å². The molecule has 6 heteroatoms. The Morgan fingerprint density at radius 3 is 2.96 bits per heavy atom. The molecule has 2 aromatic rings. The molecule has 2 fully saturated rings. The molecule has 24 heavy (non-hydrogen) atoms. The number of anilines is 1. The first-order valence-corrected chi connectivity index (χ1v) is 9.37. The zero-order valence-electron chi connectivity index (χ0n) is 14.3. The molecule has 2 aromatic heterocycles. The maximum atomic E-state index is 6.29. The molecule has 2 atom stereocenters. The summed E-state index contributed by atoms with van der Waals surface area (Å²) in [6.07, 6.45) is 5.77. The molecule has 0 aliphatic carbocycles. The fourth-order valence-corrected chi connectivity index (χ4v) is 4.78. The van der Waals surface area contributed by atoms with Crippen LogP contribution in [-0.2, 0) is 11.3 Å². The van der Waals surface area contributed by atoms with Gasteiger partial charge in [0.2, 0.25) is 5.95 Å². The highest BCUT2D eigenvalue weighted by Crippen LogP contribution is 2.38. The van der Waals surface area contributed by atoms with E-state index >= 15 is 0 Å². The Labute approximate surface area is 147 Å². The fraction of sp³-hybridized carbons (Fsp3) is 0.556. The van der Waals surface area contributed by atoms with Crippen molar-refractivity contribution >= 4 is 17.3 Å². The quantitative estimate of drug-likeness (QED) is 0.853. The first-order valence-electron chi connectivity index (χ1n) is 8.55. The summed E-state index contributed by atoms with van der Waals surface area (Å²) < 4.78 is 6.29. The van der Waals surface area contributed by atoms with E-state index in [1.165, 1.54) is 9.75 Å². The Bertz CT molecular complexity index is 691. The number of aromatic nitrogens is 2. The van der Waals surface area contributed by atoms with E-state index in [1.54, 1.807) is 12.4 Å². The lowest BCUT2D eigenvalue weighted by Gasteiger charge is -2.26. The topological polar surface area (TPSA) is 41.5 Å². The van der Waals surface area contributed by atoms with Crippen molar-refractivity contribution < 1.29 is 4.74 Å². The number of ether oxygens (including phenoxy) is 1. The molecule has 0 unspecified atom stereocenters. The van der Waals surface area contributed by atoms with Crippen molar-refractivity contribution in [1.29, 1.82) is 0 Å². The highest BCUT2D eigenvalue weighted by Gasteiger charge is 2.46. The van der Waals surface area contributed by atoms with Crippen LogP contribution in [-0.4, -0.2) is 53.3 Å². The van der Waals surface area contributed by atoms with Crippen LogP contribution in [0.25, 0.3) is 0 Å². The van der Waals surface area contributed by atoms with Gasteiger partial charge in [-0.15, -0.1) is 11.3 Å². The molecule has 5 nitrogen and oxygen atoms in total. The van der Waals surface area contributed by atoms with Crippen LogP contribution in [0.15, 0.2) is 30.6 Å². The van der Waals surface area contributed by atoms with Crippen molar-refractivity contribution in [3.63, 3.8) is 0 Å². The third-order valence-electron chi connectivity index (χ3n) is 5.18. The largest absolute Gasteiger partial charge is 0.371 e. The normalized spacial score (nSPS) is 27.2. The molecular formula is C18H24N4OS. The summed E-state index contributed by atoms with van der Waals surface area (Å²) in [6.45, 7) is 6.14. The minimum Gasteiger partial charge on any atom is -0.371 e. The van der Waals surface area contributed by atoms with Crippen molar-refractivity contribution in [3.05, 3.63) is 40.3 Å².